The summed E-state index contributed by atoms with van der Waals surface area (Å²) in [4.78, 5) is 4.58. The monoisotopic (exact) mass is 364 g/mol. The van der Waals surface area contributed by atoms with Gasteiger partial charge in [-0.05, 0) is 35.9 Å². The summed E-state index contributed by atoms with van der Waals surface area (Å²) >= 11 is 9.42. The zero-order valence-electron chi connectivity index (χ0n) is 11.4. The zero-order chi connectivity index (χ0) is 15.0. The molecule has 1 heterocycles. The molecule has 0 spiro atoms. The summed E-state index contributed by atoms with van der Waals surface area (Å²) in [6.07, 6.45) is -0.201. The van der Waals surface area contributed by atoms with Gasteiger partial charge in [-0.25, -0.2) is 4.98 Å². The molecule has 1 aromatic heterocycles. The minimum Gasteiger partial charge on any atom is -0.388 e. The normalized spacial score (nSPS) is 12.8. The third-order valence-corrected chi connectivity index (χ3v) is 4.20. The second kappa shape index (κ2) is 5.79. The molecule has 1 N–H and O–H groups in total. The lowest BCUT2D eigenvalue weighted by Crippen LogP contribution is -2.07. The highest BCUT2D eigenvalue weighted by Gasteiger charge is 2.15. The highest BCUT2D eigenvalue weighted by Crippen LogP contribution is 2.26. The predicted molar refractivity (Wildman–Crippen MR) is 88.5 cm³/mol. The fourth-order valence-electron chi connectivity index (χ4n) is 2.44. The third kappa shape index (κ3) is 2.98. The Morgan fingerprint density at radius 2 is 2.05 bits per heavy atom. The van der Waals surface area contributed by atoms with Crippen molar-refractivity contribution in [2.24, 2.45) is 7.05 Å². The van der Waals surface area contributed by atoms with Crippen molar-refractivity contribution >= 4 is 38.6 Å². The molecular formula is C16H14BrClN2O. The van der Waals surface area contributed by atoms with Gasteiger partial charge in [0.1, 0.15) is 5.82 Å². The van der Waals surface area contributed by atoms with Crippen molar-refractivity contribution in [3.63, 3.8) is 0 Å². The van der Waals surface area contributed by atoms with Crippen molar-refractivity contribution < 1.29 is 5.11 Å². The molecule has 108 valence electrons. The van der Waals surface area contributed by atoms with Crippen LogP contribution < -0.4 is 0 Å². The molecule has 5 heteroatoms. The van der Waals surface area contributed by atoms with Crippen molar-refractivity contribution in [2.75, 3.05) is 0 Å². The number of aliphatic hydroxyl groups is 1. The van der Waals surface area contributed by atoms with Gasteiger partial charge in [0.15, 0.2) is 0 Å². The minimum atomic E-state index is -0.643. The van der Waals surface area contributed by atoms with Crippen LogP contribution in [0.5, 0.6) is 0 Å². The second-order valence-corrected chi connectivity index (χ2v) is 6.35. The van der Waals surface area contributed by atoms with E-state index in [1.54, 1.807) is 12.1 Å². The molecule has 3 rings (SSSR count). The van der Waals surface area contributed by atoms with Crippen molar-refractivity contribution in [3.8, 4) is 0 Å². The number of aliphatic hydroxyl groups excluding tert-OH is 1. The molecule has 0 aliphatic carbocycles. The van der Waals surface area contributed by atoms with Crippen molar-refractivity contribution in [2.45, 2.75) is 12.5 Å². The van der Waals surface area contributed by atoms with Crippen molar-refractivity contribution in [1.82, 2.24) is 9.55 Å². The Kier molecular flexibility index (Phi) is 4.02. The molecule has 0 aliphatic heterocycles. The smallest absolute Gasteiger partial charge is 0.112 e. The van der Waals surface area contributed by atoms with Gasteiger partial charge in [0.25, 0.3) is 0 Å². The van der Waals surface area contributed by atoms with Gasteiger partial charge >= 0.3 is 0 Å². The van der Waals surface area contributed by atoms with E-state index in [9.17, 15) is 5.11 Å². The molecule has 0 aliphatic rings. The SMILES string of the molecule is Cn1c(CC(O)c2cc(Cl)cc(Br)c2)nc2ccccc21. The quantitative estimate of drug-likeness (QED) is 0.753. The Balaban J connectivity index is 1.92. The van der Waals surface area contributed by atoms with Crippen LogP contribution in [0.3, 0.4) is 0 Å². The van der Waals surface area contributed by atoms with Gasteiger partial charge in [0, 0.05) is 23.0 Å². The van der Waals surface area contributed by atoms with E-state index in [2.05, 4.69) is 20.9 Å². The third-order valence-electron chi connectivity index (χ3n) is 3.53. The lowest BCUT2D eigenvalue weighted by atomic mass is 10.1. The van der Waals surface area contributed by atoms with Crippen LogP contribution in [0.4, 0.5) is 0 Å². The minimum absolute atomic E-state index is 0.442. The van der Waals surface area contributed by atoms with Crippen molar-refractivity contribution in [1.29, 1.82) is 0 Å². The summed E-state index contributed by atoms with van der Waals surface area (Å²) in [7, 11) is 1.96. The first-order valence-electron chi connectivity index (χ1n) is 6.59. The molecule has 3 aromatic rings. The van der Waals surface area contributed by atoms with E-state index in [1.807, 2.05) is 41.9 Å². The number of rotatable bonds is 3. The Labute approximate surface area is 136 Å². The summed E-state index contributed by atoms with van der Waals surface area (Å²) in [6, 6.07) is 13.4. The number of para-hydroxylation sites is 2. The van der Waals surface area contributed by atoms with E-state index in [1.165, 1.54) is 0 Å². The average molecular weight is 366 g/mol. The van der Waals surface area contributed by atoms with E-state index in [-0.39, 0.29) is 0 Å². The van der Waals surface area contributed by atoms with Gasteiger partial charge in [0.05, 0.1) is 17.1 Å². The maximum absolute atomic E-state index is 10.4. The van der Waals surface area contributed by atoms with E-state index in [0.29, 0.717) is 11.4 Å². The molecule has 1 unspecified atom stereocenters. The number of nitrogens with zero attached hydrogens (tertiary/aromatic N) is 2. The van der Waals surface area contributed by atoms with E-state index in [4.69, 9.17) is 11.6 Å². The number of fused-ring (bicyclic) bond motifs is 1. The Morgan fingerprint density at radius 3 is 2.76 bits per heavy atom. The van der Waals surface area contributed by atoms with E-state index >= 15 is 0 Å². The second-order valence-electron chi connectivity index (χ2n) is 5.00. The number of aryl methyl sites for hydroxylation is 1. The molecule has 1 atom stereocenters. The number of aromatic nitrogens is 2. The lowest BCUT2D eigenvalue weighted by Gasteiger charge is -2.12. The molecule has 21 heavy (non-hydrogen) atoms. The first-order valence-corrected chi connectivity index (χ1v) is 7.76. The fraction of sp³-hybridized carbons (Fsp3) is 0.188. The Hall–Kier alpha value is -1.36. The number of benzene rings is 2. The van der Waals surface area contributed by atoms with Crippen LogP contribution in [-0.4, -0.2) is 14.7 Å². The highest BCUT2D eigenvalue weighted by atomic mass is 79.9. The average Bonchev–Trinajstić information content (AvgIpc) is 2.75. The summed E-state index contributed by atoms with van der Waals surface area (Å²) in [6.45, 7) is 0. The van der Waals surface area contributed by atoms with Crippen LogP contribution in [-0.2, 0) is 13.5 Å². The number of halogens is 2. The number of imidazole rings is 1. The first-order chi connectivity index (χ1) is 10.0. The summed E-state index contributed by atoms with van der Waals surface area (Å²) in [5, 5.41) is 11.0. The van der Waals surface area contributed by atoms with E-state index in [0.717, 1.165) is 26.9 Å². The molecule has 0 saturated heterocycles. The maximum atomic E-state index is 10.4. The Morgan fingerprint density at radius 1 is 1.29 bits per heavy atom. The molecule has 0 bridgehead atoms. The van der Waals surface area contributed by atoms with Crippen LogP contribution in [0.15, 0.2) is 46.9 Å². The van der Waals surface area contributed by atoms with Crippen LogP contribution in [0, 0.1) is 0 Å². The van der Waals surface area contributed by atoms with Gasteiger partial charge in [-0.1, -0.05) is 39.7 Å². The molecule has 0 fully saturated rings. The van der Waals surface area contributed by atoms with Crippen LogP contribution >= 0.6 is 27.5 Å². The summed E-state index contributed by atoms with van der Waals surface area (Å²) in [5.74, 6) is 0.847. The van der Waals surface area contributed by atoms with Gasteiger partial charge < -0.3 is 9.67 Å². The summed E-state index contributed by atoms with van der Waals surface area (Å²) in [5.41, 5.74) is 2.78. The predicted octanol–water partition coefficient (Wildman–Crippen LogP) is 4.27. The molecule has 0 saturated carbocycles. The van der Waals surface area contributed by atoms with E-state index < -0.39 is 6.10 Å². The number of hydrogen-bond donors (Lipinski definition) is 1. The molecular weight excluding hydrogens is 352 g/mol. The van der Waals surface area contributed by atoms with Crippen LogP contribution in [0.2, 0.25) is 5.02 Å². The van der Waals surface area contributed by atoms with Gasteiger partial charge in [-0.3, -0.25) is 0 Å². The lowest BCUT2D eigenvalue weighted by molar-refractivity contribution is 0.175. The van der Waals surface area contributed by atoms with Gasteiger partial charge in [0.2, 0.25) is 0 Å². The van der Waals surface area contributed by atoms with Crippen LogP contribution in [0.1, 0.15) is 17.5 Å². The molecule has 0 radical (unpaired) electrons. The molecule has 0 amide bonds. The molecule has 2 aromatic carbocycles. The fourth-order valence-corrected chi connectivity index (χ4v) is 3.32. The number of hydrogen-bond acceptors (Lipinski definition) is 2. The zero-order valence-corrected chi connectivity index (χ0v) is 13.8. The topological polar surface area (TPSA) is 38.0 Å². The first kappa shape index (κ1) is 14.6. The highest BCUT2D eigenvalue weighted by molar-refractivity contribution is 9.10. The van der Waals surface area contributed by atoms with Crippen molar-refractivity contribution in [3.05, 3.63) is 63.3 Å². The van der Waals surface area contributed by atoms with Gasteiger partial charge in [-0.2, -0.15) is 0 Å². The van der Waals surface area contributed by atoms with Crippen LogP contribution in [0.25, 0.3) is 11.0 Å². The standard InChI is InChI=1S/C16H14BrClN2O/c1-20-14-5-3-2-4-13(14)19-16(20)9-15(21)10-6-11(17)8-12(18)7-10/h2-8,15,21H,9H2,1H3. The molecule has 3 nitrogen and oxygen atoms in total. The maximum Gasteiger partial charge on any atom is 0.112 e. The largest absolute Gasteiger partial charge is 0.388 e. The Bertz CT molecular complexity index is 780. The van der Waals surface area contributed by atoms with Gasteiger partial charge in [-0.15, -0.1) is 0 Å². The summed E-state index contributed by atoms with van der Waals surface area (Å²) < 4.78 is 2.87.